The molecule has 1 heterocycles. The minimum atomic E-state index is -0.199. The van der Waals surface area contributed by atoms with Crippen molar-refractivity contribution < 1.29 is 4.39 Å². The normalized spacial score (nSPS) is 10.6. The van der Waals surface area contributed by atoms with Gasteiger partial charge in [-0.05, 0) is 29.1 Å². The Morgan fingerprint density at radius 3 is 2.81 bits per heavy atom. The molecule has 84 valence electrons. The fourth-order valence-corrected chi connectivity index (χ4v) is 2.23. The van der Waals surface area contributed by atoms with E-state index in [2.05, 4.69) is 5.32 Å². The van der Waals surface area contributed by atoms with Gasteiger partial charge in [0.2, 0.25) is 0 Å². The number of halogens is 1. The molecule has 0 radical (unpaired) electrons. The highest BCUT2D eigenvalue weighted by Gasteiger charge is 2.00. The lowest BCUT2D eigenvalue weighted by atomic mass is 10.2. The van der Waals surface area contributed by atoms with Gasteiger partial charge in [0, 0.05) is 23.7 Å². The lowest BCUT2D eigenvalue weighted by molar-refractivity contribution is 0.620. The highest BCUT2D eigenvalue weighted by molar-refractivity contribution is 7.10. The third-order valence-corrected chi connectivity index (χ3v) is 3.22. The van der Waals surface area contributed by atoms with E-state index in [1.54, 1.807) is 17.4 Å². The topological polar surface area (TPSA) is 38.0 Å². The van der Waals surface area contributed by atoms with Gasteiger partial charge >= 0.3 is 0 Å². The van der Waals surface area contributed by atoms with Gasteiger partial charge in [-0.3, -0.25) is 0 Å². The molecule has 0 atom stereocenters. The lowest BCUT2D eigenvalue weighted by Crippen LogP contribution is -2.12. The number of nitrogen functional groups attached to an aromatic ring is 1. The number of rotatable bonds is 4. The number of hydrogen-bond donors (Lipinski definition) is 2. The number of nitrogens with one attached hydrogen (secondary N) is 1. The number of anilines is 1. The Balaban J connectivity index is 1.87. The van der Waals surface area contributed by atoms with Gasteiger partial charge in [-0.15, -0.1) is 11.3 Å². The van der Waals surface area contributed by atoms with Gasteiger partial charge in [0.05, 0.1) is 0 Å². The van der Waals surface area contributed by atoms with E-state index in [9.17, 15) is 4.39 Å². The van der Waals surface area contributed by atoms with E-state index in [1.807, 2.05) is 17.5 Å². The molecule has 2 aromatic rings. The van der Waals surface area contributed by atoms with Crippen molar-refractivity contribution in [2.24, 2.45) is 0 Å². The van der Waals surface area contributed by atoms with Crippen LogP contribution in [-0.2, 0) is 13.1 Å². The van der Waals surface area contributed by atoms with E-state index >= 15 is 0 Å². The van der Waals surface area contributed by atoms with Crippen LogP contribution in [0.2, 0.25) is 0 Å². The van der Waals surface area contributed by atoms with Crippen LogP contribution in [0.15, 0.2) is 35.7 Å². The first-order chi connectivity index (χ1) is 7.75. The first-order valence-corrected chi connectivity index (χ1v) is 5.90. The molecule has 16 heavy (non-hydrogen) atoms. The molecule has 0 aliphatic heterocycles. The molecular weight excluding hydrogens is 223 g/mol. The van der Waals surface area contributed by atoms with Gasteiger partial charge in [0.1, 0.15) is 5.82 Å². The predicted octanol–water partition coefficient (Wildman–Crippen LogP) is 2.76. The maximum Gasteiger partial charge on any atom is 0.123 e. The summed E-state index contributed by atoms with van der Waals surface area (Å²) >= 11 is 1.63. The molecule has 4 heteroatoms. The quantitative estimate of drug-likeness (QED) is 0.856. The van der Waals surface area contributed by atoms with E-state index < -0.39 is 0 Å². The summed E-state index contributed by atoms with van der Waals surface area (Å²) in [6, 6.07) is 8.48. The van der Waals surface area contributed by atoms with Crippen molar-refractivity contribution in [3.05, 3.63) is 52.0 Å². The molecule has 0 saturated heterocycles. The van der Waals surface area contributed by atoms with E-state index in [1.165, 1.54) is 12.1 Å². The zero-order valence-corrected chi connectivity index (χ0v) is 9.56. The van der Waals surface area contributed by atoms with Crippen molar-refractivity contribution in [1.82, 2.24) is 5.32 Å². The highest BCUT2D eigenvalue weighted by Crippen LogP contribution is 2.18. The van der Waals surface area contributed by atoms with Gasteiger partial charge in [-0.25, -0.2) is 4.39 Å². The maximum absolute atomic E-state index is 12.9. The van der Waals surface area contributed by atoms with E-state index in [0.717, 1.165) is 22.7 Å². The van der Waals surface area contributed by atoms with Crippen molar-refractivity contribution in [3.8, 4) is 0 Å². The Labute approximate surface area is 97.9 Å². The summed E-state index contributed by atoms with van der Waals surface area (Å²) in [7, 11) is 0. The predicted molar refractivity (Wildman–Crippen MR) is 65.7 cm³/mol. The van der Waals surface area contributed by atoms with Crippen LogP contribution in [-0.4, -0.2) is 0 Å². The average Bonchev–Trinajstić information content (AvgIpc) is 2.65. The SMILES string of the molecule is Nc1ccsc1CNCc1cccc(F)c1. The molecule has 0 saturated carbocycles. The largest absolute Gasteiger partial charge is 0.398 e. The highest BCUT2D eigenvalue weighted by atomic mass is 32.1. The molecule has 0 aliphatic carbocycles. The van der Waals surface area contributed by atoms with Crippen molar-refractivity contribution in [2.75, 3.05) is 5.73 Å². The molecule has 2 rings (SSSR count). The summed E-state index contributed by atoms with van der Waals surface area (Å²) in [5.41, 5.74) is 7.51. The zero-order chi connectivity index (χ0) is 11.4. The van der Waals surface area contributed by atoms with E-state index in [0.29, 0.717) is 6.54 Å². The van der Waals surface area contributed by atoms with Gasteiger partial charge in [0.15, 0.2) is 0 Å². The first-order valence-electron chi connectivity index (χ1n) is 5.03. The second-order valence-corrected chi connectivity index (χ2v) is 4.53. The second-order valence-electron chi connectivity index (χ2n) is 3.53. The molecule has 1 aromatic carbocycles. The monoisotopic (exact) mass is 236 g/mol. The molecule has 0 bridgehead atoms. The minimum absolute atomic E-state index is 0.199. The lowest BCUT2D eigenvalue weighted by Gasteiger charge is -2.04. The average molecular weight is 236 g/mol. The Kier molecular flexibility index (Phi) is 3.54. The molecule has 0 unspecified atom stereocenters. The molecule has 0 fully saturated rings. The molecule has 3 N–H and O–H groups in total. The second kappa shape index (κ2) is 5.09. The summed E-state index contributed by atoms with van der Waals surface area (Å²) in [6.45, 7) is 1.37. The van der Waals surface area contributed by atoms with Gasteiger partial charge in [-0.2, -0.15) is 0 Å². The standard InChI is InChI=1S/C12H13FN2S/c13-10-3-1-2-9(6-10)7-15-8-12-11(14)4-5-16-12/h1-6,15H,7-8,14H2. The molecule has 0 spiro atoms. The first kappa shape index (κ1) is 11.1. The van der Waals surface area contributed by atoms with Crippen molar-refractivity contribution in [3.63, 3.8) is 0 Å². The van der Waals surface area contributed by atoms with Crippen LogP contribution in [0, 0.1) is 5.82 Å². The third kappa shape index (κ3) is 2.81. The Morgan fingerprint density at radius 2 is 2.12 bits per heavy atom. The zero-order valence-electron chi connectivity index (χ0n) is 8.74. The summed E-state index contributed by atoms with van der Waals surface area (Å²) in [4.78, 5) is 1.12. The van der Waals surface area contributed by atoms with Gasteiger partial charge < -0.3 is 11.1 Å². The van der Waals surface area contributed by atoms with Crippen LogP contribution < -0.4 is 11.1 Å². The summed E-state index contributed by atoms with van der Waals surface area (Å²) in [6.07, 6.45) is 0. The maximum atomic E-state index is 12.9. The van der Waals surface area contributed by atoms with Crippen molar-refractivity contribution in [1.29, 1.82) is 0 Å². The fourth-order valence-electron chi connectivity index (χ4n) is 1.46. The van der Waals surface area contributed by atoms with E-state index in [-0.39, 0.29) is 5.82 Å². The van der Waals surface area contributed by atoms with E-state index in [4.69, 9.17) is 5.73 Å². The Bertz CT molecular complexity index is 468. The number of nitrogens with two attached hydrogens (primary N) is 1. The van der Waals surface area contributed by atoms with Crippen molar-refractivity contribution in [2.45, 2.75) is 13.1 Å². The smallest absolute Gasteiger partial charge is 0.123 e. The fraction of sp³-hybridized carbons (Fsp3) is 0.167. The molecular formula is C12H13FN2S. The molecule has 1 aromatic heterocycles. The summed E-state index contributed by atoms with van der Waals surface area (Å²) in [5, 5.41) is 5.20. The number of benzene rings is 1. The molecule has 0 amide bonds. The number of thiophene rings is 1. The van der Waals surface area contributed by atoms with Crippen LogP contribution in [0.3, 0.4) is 0 Å². The van der Waals surface area contributed by atoms with Crippen LogP contribution in [0.1, 0.15) is 10.4 Å². The van der Waals surface area contributed by atoms with Crippen LogP contribution >= 0.6 is 11.3 Å². The Morgan fingerprint density at radius 1 is 1.25 bits per heavy atom. The summed E-state index contributed by atoms with van der Waals surface area (Å²) < 4.78 is 12.9. The minimum Gasteiger partial charge on any atom is -0.398 e. The van der Waals surface area contributed by atoms with Gasteiger partial charge in [-0.1, -0.05) is 12.1 Å². The van der Waals surface area contributed by atoms with Crippen LogP contribution in [0.4, 0.5) is 10.1 Å². The molecule has 2 nitrogen and oxygen atoms in total. The third-order valence-electron chi connectivity index (χ3n) is 2.28. The van der Waals surface area contributed by atoms with Gasteiger partial charge in [0.25, 0.3) is 0 Å². The Hall–Kier alpha value is -1.39. The van der Waals surface area contributed by atoms with Crippen LogP contribution in [0.5, 0.6) is 0 Å². The van der Waals surface area contributed by atoms with Crippen LogP contribution in [0.25, 0.3) is 0 Å². The number of hydrogen-bond acceptors (Lipinski definition) is 3. The molecule has 0 aliphatic rings. The summed E-state index contributed by atoms with van der Waals surface area (Å²) in [5.74, 6) is -0.199. The van der Waals surface area contributed by atoms with Crippen molar-refractivity contribution >= 4 is 17.0 Å².